The average molecular weight is 1060 g/mol. The van der Waals surface area contributed by atoms with Crippen molar-refractivity contribution in [1.82, 2.24) is 0 Å². The summed E-state index contributed by atoms with van der Waals surface area (Å²) in [7, 11) is 0. The predicted molar refractivity (Wildman–Crippen MR) is 330 cm³/mol. The van der Waals surface area contributed by atoms with Gasteiger partial charge in [0.1, 0.15) is 13.2 Å². The Bertz CT molecular complexity index is 1400. The van der Waals surface area contributed by atoms with Crippen LogP contribution in [0.15, 0.2) is 72.9 Å². The molecule has 0 aliphatic rings. The molecule has 0 saturated heterocycles. The largest absolute Gasteiger partial charge is 0.462 e. The fourth-order valence-electron chi connectivity index (χ4n) is 9.53. The monoisotopic (exact) mass is 1060 g/mol. The number of rotatable bonds is 60. The molecule has 0 aromatic rings. The first-order valence-electron chi connectivity index (χ1n) is 32.9. The zero-order chi connectivity index (χ0) is 55.0. The molecule has 0 amide bonds. The van der Waals surface area contributed by atoms with Crippen molar-refractivity contribution in [3.63, 3.8) is 0 Å². The molecule has 440 valence electrons. The van der Waals surface area contributed by atoms with Crippen molar-refractivity contribution in [3.8, 4) is 0 Å². The van der Waals surface area contributed by atoms with E-state index in [0.29, 0.717) is 19.3 Å². The van der Waals surface area contributed by atoms with Gasteiger partial charge in [-0.25, -0.2) is 0 Å². The number of hydrogen-bond donors (Lipinski definition) is 0. The van der Waals surface area contributed by atoms with Gasteiger partial charge in [0.2, 0.25) is 0 Å². The van der Waals surface area contributed by atoms with Gasteiger partial charge in [0.05, 0.1) is 0 Å². The number of unbranched alkanes of at least 4 members (excludes halogenated alkanes) is 37. The Morgan fingerprint density at radius 2 is 0.513 bits per heavy atom. The average Bonchev–Trinajstić information content (AvgIpc) is 3.42. The van der Waals surface area contributed by atoms with Crippen LogP contribution in [-0.4, -0.2) is 37.2 Å². The zero-order valence-electron chi connectivity index (χ0n) is 50.5. The molecule has 0 aromatic heterocycles. The predicted octanol–water partition coefficient (Wildman–Crippen LogP) is 22.5. The topological polar surface area (TPSA) is 78.9 Å². The van der Waals surface area contributed by atoms with Gasteiger partial charge in [0.15, 0.2) is 6.10 Å². The number of carbonyl (C=O) groups excluding carboxylic acids is 3. The number of carbonyl (C=O) groups is 3. The molecule has 0 aliphatic carbocycles. The van der Waals surface area contributed by atoms with E-state index < -0.39 is 6.10 Å². The third-order valence-electron chi connectivity index (χ3n) is 14.4. The minimum Gasteiger partial charge on any atom is -0.462 e. The molecule has 1 unspecified atom stereocenters. The molecule has 6 heteroatoms. The molecule has 0 aromatic carbocycles. The van der Waals surface area contributed by atoms with Gasteiger partial charge in [-0.1, -0.05) is 299 Å². The second-order valence-electron chi connectivity index (χ2n) is 22.0. The summed E-state index contributed by atoms with van der Waals surface area (Å²) in [5.74, 6) is -0.870. The fraction of sp³-hybridized carbons (Fsp3) is 0.786. The molecule has 0 bridgehead atoms. The lowest BCUT2D eigenvalue weighted by molar-refractivity contribution is -0.167. The van der Waals surface area contributed by atoms with E-state index in [2.05, 4.69) is 93.7 Å². The highest BCUT2D eigenvalue weighted by Gasteiger charge is 2.19. The highest BCUT2D eigenvalue weighted by atomic mass is 16.6. The molecule has 0 fully saturated rings. The molecule has 0 aliphatic heterocycles. The van der Waals surface area contributed by atoms with E-state index in [4.69, 9.17) is 14.2 Å². The van der Waals surface area contributed by atoms with Crippen molar-refractivity contribution in [2.24, 2.45) is 0 Å². The van der Waals surface area contributed by atoms with Crippen LogP contribution in [0.25, 0.3) is 0 Å². The van der Waals surface area contributed by atoms with Gasteiger partial charge in [-0.2, -0.15) is 0 Å². The van der Waals surface area contributed by atoms with Crippen LogP contribution in [-0.2, 0) is 28.6 Å². The van der Waals surface area contributed by atoms with Crippen LogP contribution < -0.4 is 0 Å². The van der Waals surface area contributed by atoms with Crippen molar-refractivity contribution < 1.29 is 28.6 Å². The molecule has 0 heterocycles. The van der Waals surface area contributed by atoms with Crippen LogP contribution in [0.2, 0.25) is 0 Å². The van der Waals surface area contributed by atoms with Crippen molar-refractivity contribution in [1.29, 1.82) is 0 Å². The van der Waals surface area contributed by atoms with E-state index in [0.717, 1.165) is 96.3 Å². The second kappa shape index (κ2) is 64.4. The van der Waals surface area contributed by atoms with Crippen molar-refractivity contribution in [3.05, 3.63) is 72.9 Å². The molecule has 0 rings (SSSR count). The Balaban J connectivity index is 4.25. The smallest absolute Gasteiger partial charge is 0.306 e. The Morgan fingerprint density at radius 1 is 0.276 bits per heavy atom. The molecule has 1 atom stereocenters. The summed E-state index contributed by atoms with van der Waals surface area (Å²) in [5, 5.41) is 0. The van der Waals surface area contributed by atoms with Gasteiger partial charge in [0.25, 0.3) is 0 Å². The lowest BCUT2D eigenvalue weighted by Gasteiger charge is -2.18. The van der Waals surface area contributed by atoms with Gasteiger partial charge in [-0.15, -0.1) is 0 Å². The maximum atomic E-state index is 12.9. The number of hydrogen-bond acceptors (Lipinski definition) is 6. The van der Waals surface area contributed by atoms with Crippen molar-refractivity contribution in [2.45, 2.75) is 341 Å². The summed E-state index contributed by atoms with van der Waals surface area (Å²) in [6.07, 6.45) is 83.4. The molecule has 76 heavy (non-hydrogen) atoms. The highest BCUT2D eigenvalue weighted by molar-refractivity contribution is 5.71. The van der Waals surface area contributed by atoms with Gasteiger partial charge in [-0.05, 0) is 89.9 Å². The summed E-state index contributed by atoms with van der Waals surface area (Å²) in [4.78, 5) is 38.3. The summed E-state index contributed by atoms with van der Waals surface area (Å²) in [6.45, 7) is 6.54. The fourth-order valence-corrected chi connectivity index (χ4v) is 9.53. The van der Waals surface area contributed by atoms with Gasteiger partial charge >= 0.3 is 17.9 Å². The quantitative estimate of drug-likeness (QED) is 0.0261. The van der Waals surface area contributed by atoms with E-state index in [1.165, 1.54) is 199 Å². The molecule has 0 radical (unpaired) electrons. The normalized spacial score (nSPS) is 12.5. The Hall–Kier alpha value is -3.15. The van der Waals surface area contributed by atoms with Crippen molar-refractivity contribution >= 4 is 17.9 Å². The van der Waals surface area contributed by atoms with Crippen LogP contribution >= 0.6 is 0 Å². The minimum atomic E-state index is -0.778. The lowest BCUT2D eigenvalue weighted by Crippen LogP contribution is -2.30. The van der Waals surface area contributed by atoms with Crippen molar-refractivity contribution in [2.75, 3.05) is 13.2 Å². The Morgan fingerprint density at radius 3 is 0.842 bits per heavy atom. The number of esters is 3. The van der Waals surface area contributed by atoms with Gasteiger partial charge in [-0.3, -0.25) is 14.4 Å². The summed E-state index contributed by atoms with van der Waals surface area (Å²) >= 11 is 0. The highest BCUT2D eigenvalue weighted by Crippen LogP contribution is 2.17. The Kier molecular flexibility index (Phi) is 61.7. The summed E-state index contributed by atoms with van der Waals surface area (Å²) in [6, 6.07) is 0. The van der Waals surface area contributed by atoms with E-state index in [9.17, 15) is 14.4 Å². The van der Waals surface area contributed by atoms with E-state index >= 15 is 0 Å². The first-order chi connectivity index (χ1) is 37.5. The van der Waals surface area contributed by atoms with Crippen LogP contribution in [0, 0.1) is 0 Å². The standard InChI is InChI=1S/C70H124O6/c1-4-7-10-13-16-19-22-25-27-29-31-32-33-34-35-36-37-38-40-41-43-45-48-51-54-57-60-63-69(72)75-66-67(65-74-68(71)62-59-56-53-50-47-24-21-18-15-12-9-6-3)76-70(73)64-61-58-55-52-49-46-44-42-39-30-28-26-23-20-17-14-11-8-5-2/h7,10,16,18-19,21,25,27,31-32,34-35,67H,4-6,8-9,11-15,17,20,22-24,26,28-30,33,36-66H2,1-3H3/b10-7-,19-16-,21-18-,27-25-,32-31-,35-34-. The number of ether oxygens (including phenoxy) is 3. The van der Waals surface area contributed by atoms with Crippen LogP contribution in [0.1, 0.15) is 335 Å². The summed E-state index contributed by atoms with van der Waals surface area (Å²) < 4.78 is 16.9. The van der Waals surface area contributed by atoms with E-state index in [1.807, 2.05) is 0 Å². The third kappa shape index (κ3) is 61.7. The first kappa shape index (κ1) is 72.8. The molecular formula is C70H124O6. The van der Waals surface area contributed by atoms with Gasteiger partial charge < -0.3 is 14.2 Å². The first-order valence-corrected chi connectivity index (χ1v) is 32.9. The third-order valence-corrected chi connectivity index (χ3v) is 14.4. The maximum Gasteiger partial charge on any atom is 0.306 e. The molecule has 0 N–H and O–H groups in total. The maximum absolute atomic E-state index is 12.9. The van der Waals surface area contributed by atoms with E-state index in [1.54, 1.807) is 0 Å². The SMILES string of the molecule is CC/C=C\C/C=C\C/C=C\C/C=C\C/C=C\CCCCCCCCCCCCCC(=O)OCC(COC(=O)CCCCCCC/C=C\CCCCC)OC(=O)CCCCCCCCCCCCCCCCCCCCC. The molecule has 0 saturated carbocycles. The molecule has 6 nitrogen and oxygen atoms in total. The summed E-state index contributed by atoms with van der Waals surface area (Å²) in [5.41, 5.74) is 0. The molecular weight excluding hydrogens is 937 g/mol. The van der Waals surface area contributed by atoms with Crippen LogP contribution in [0.5, 0.6) is 0 Å². The zero-order valence-corrected chi connectivity index (χ0v) is 50.5. The van der Waals surface area contributed by atoms with Crippen LogP contribution in [0.3, 0.4) is 0 Å². The van der Waals surface area contributed by atoms with Crippen LogP contribution in [0.4, 0.5) is 0 Å². The second-order valence-corrected chi connectivity index (χ2v) is 22.0. The van der Waals surface area contributed by atoms with E-state index in [-0.39, 0.29) is 31.1 Å². The molecule has 0 spiro atoms. The van der Waals surface area contributed by atoms with Gasteiger partial charge in [0, 0.05) is 19.3 Å². The lowest BCUT2D eigenvalue weighted by atomic mass is 10.0. The minimum absolute atomic E-state index is 0.0759. The number of allylic oxidation sites excluding steroid dienone is 12. The Labute approximate surface area is 472 Å².